The molecule has 0 aliphatic carbocycles. The molecule has 0 amide bonds. The second-order valence-corrected chi connectivity index (χ2v) is 1.74. The molecule has 1 radical (unpaired) electrons. The number of pyridine rings is 1. The maximum absolute atomic E-state index is 10.1. The summed E-state index contributed by atoms with van der Waals surface area (Å²) in [5.41, 5.74) is -0.161. The van der Waals surface area contributed by atoms with Crippen LogP contribution in [0.4, 0.5) is 5.69 Å². The molecule has 0 aromatic carbocycles. The molecule has 0 spiro atoms. The molecule has 0 bridgehead atoms. The summed E-state index contributed by atoms with van der Waals surface area (Å²) in [7, 11) is 1.43. The summed E-state index contributed by atoms with van der Waals surface area (Å²) in [6.07, 6.45) is 2.21. The van der Waals surface area contributed by atoms with E-state index >= 15 is 0 Å². The summed E-state index contributed by atoms with van der Waals surface area (Å²) in [6, 6.07) is 2.69. The summed E-state index contributed by atoms with van der Waals surface area (Å²) in [6.45, 7) is 0. The Morgan fingerprint density at radius 1 is 1.73 bits per heavy atom. The zero-order valence-electron chi connectivity index (χ0n) is 5.77. The summed E-state index contributed by atoms with van der Waals surface area (Å²) in [4.78, 5) is 13.1. The largest absolute Gasteiger partial charge is 0.481 e. The van der Waals surface area contributed by atoms with Gasteiger partial charge in [0.1, 0.15) is 0 Å². The molecule has 0 N–H and O–H groups in total. The minimum absolute atomic E-state index is 0.161. The Morgan fingerprint density at radius 3 is 2.82 bits per heavy atom. The van der Waals surface area contributed by atoms with Crippen LogP contribution in [0.25, 0.3) is 0 Å². The van der Waals surface area contributed by atoms with Crippen molar-refractivity contribution in [3.8, 4) is 5.88 Å². The molecular weight excluding hydrogens is 148 g/mol. The van der Waals surface area contributed by atoms with Crippen LogP contribution in [-0.2, 0) is 0 Å². The Kier molecular flexibility index (Phi) is 2.00. The van der Waals surface area contributed by atoms with E-state index in [2.05, 4.69) is 15.9 Å². The van der Waals surface area contributed by atoms with Gasteiger partial charge in [0, 0.05) is 12.1 Å². The van der Waals surface area contributed by atoms with Crippen molar-refractivity contribution in [2.24, 2.45) is 0 Å². The fourth-order valence-corrected chi connectivity index (χ4v) is 0.552. The van der Waals surface area contributed by atoms with Gasteiger partial charge in [0.2, 0.25) is 5.88 Å². The van der Waals surface area contributed by atoms with Gasteiger partial charge >= 0.3 is 0 Å². The molecule has 57 valence electrons. The lowest BCUT2D eigenvalue weighted by molar-refractivity contribution is -0.385. The molecule has 11 heavy (non-hydrogen) atoms. The van der Waals surface area contributed by atoms with E-state index < -0.39 is 4.92 Å². The molecule has 5 heteroatoms. The van der Waals surface area contributed by atoms with Gasteiger partial charge in [-0.1, -0.05) is 0 Å². The fraction of sp³-hybridized carbons (Fsp3) is 0.167. The molecule has 0 saturated carbocycles. The average molecular weight is 153 g/mol. The third-order valence-electron chi connectivity index (χ3n) is 1.07. The number of hydrogen-bond acceptors (Lipinski definition) is 4. The number of hydrogen-bond donors (Lipinski definition) is 0. The van der Waals surface area contributed by atoms with Crippen LogP contribution in [0.15, 0.2) is 12.1 Å². The van der Waals surface area contributed by atoms with E-state index in [1.54, 1.807) is 0 Å². The van der Waals surface area contributed by atoms with Crippen molar-refractivity contribution in [2.45, 2.75) is 0 Å². The molecular formula is C6H5N2O3. The molecule has 0 fully saturated rings. The van der Waals surface area contributed by atoms with Gasteiger partial charge in [0.05, 0.1) is 12.0 Å². The first kappa shape index (κ1) is 7.46. The third-order valence-corrected chi connectivity index (χ3v) is 1.07. The van der Waals surface area contributed by atoms with Crippen LogP contribution < -0.4 is 4.74 Å². The lowest BCUT2D eigenvalue weighted by Crippen LogP contribution is -1.91. The van der Waals surface area contributed by atoms with Gasteiger partial charge < -0.3 is 4.74 Å². The molecule has 0 aliphatic rings. The lowest BCUT2D eigenvalue weighted by Gasteiger charge is -1.94. The normalized spacial score (nSPS) is 9.18. The Balaban J connectivity index is 2.91. The first-order valence-corrected chi connectivity index (χ1v) is 2.81. The van der Waals surface area contributed by atoms with Gasteiger partial charge in [-0.25, -0.2) is 4.98 Å². The van der Waals surface area contributed by atoms with Gasteiger partial charge in [-0.2, -0.15) is 0 Å². The molecule has 1 heterocycles. The predicted octanol–water partition coefficient (Wildman–Crippen LogP) is 0.799. The van der Waals surface area contributed by atoms with Crippen LogP contribution in [0.2, 0.25) is 0 Å². The molecule has 0 saturated heterocycles. The molecule has 0 unspecified atom stereocenters. The van der Waals surface area contributed by atoms with E-state index in [9.17, 15) is 10.1 Å². The number of ether oxygens (including phenoxy) is 1. The summed E-state index contributed by atoms with van der Waals surface area (Å²) in [5.74, 6) is 0.315. The first-order valence-electron chi connectivity index (χ1n) is 2.81. The van der Waals surface area contributed by atoms with E-state index in [-0.39, 0.29) is 5.69 Å². The highest BCUT2D eigenvalue weighted by molar-refractivity contribution is 5.27. The molecule has 1 rings (SSSR count). The number of rotatable bonds is 2. The topological polar surface area (TPSA) is 65.3 Å². The van der Waals surface area contributed by atoms with Crippen molar-refractivity contribution in [1.29, 1.82) is 0 Å². The number of nitrogens with zero attached hydrogens (tertiary/aromatic N) is 2. The molecule has 1 aromatic rings. The predicted molar refractivity (Wildman–Crippen MR) is 36.3 cm³/mol. The number of nitro groups is 1. The van der Waals surface area contributed by atoms with Crippen LogP contribution in [0, 0.1) is 16.3 Å². The summed E-state index contributed by atoms with van der Waals surface area (Å²) < 4.78 is 4.68. The van der Waals surface area contributed by atoms with Crippen molar-refractivity contribution < 1.29 is 9.66 Å². The SMILES string of the molecule is COc1ccc([N+](=O)[O-])[c]n1. The highest BCUT2D eigenvalue weighted by Gasteiger charge is 2.05. The smallest absolute Gasteiger partial charge is 0.297 e. The quantitative estimate of drug-likeness (QED) is 0.465. The van der Waals surface area contributed by atoms with Crippen molar-refractivity contribution in [3.63, 3.8) is 0 Å². The van der Waals surface area contributed by atoms with Crippen LogP contribution in [0.1, 0.15) is 0 Å². The van der Waals surface area contributed by atoms with E-state index in [0.717, 1.165) is 0 Å². The Morgan fingerprint density at radius 2 is 2.45 bits per heavy atom. The van der Waals surface area contributed by atoms with Gasteiger partial charge in [-0.05, 0) is 0 Å². The minimum Gasteiger partial charge on any atom is -0.481 e. The number of methoxy groups -OCH3 is 1. The molecule has 5 nitrogen and oxygen atoms in total. The second kappa shape index (κ2) is 2.96. The lowest BCUT2D eigenvalue weighted by atomic mass is 10.4. The van der Waals surface area contributed by atoms with E-state index in [0.29, 0.717) is 5.88 Å². The van der Waals surface area contributed by atoms with Crippen molar-refractivity contribution in [2.75, 3.05) is 7.11 Å². The van der Waals surface area contributed by atoms with Gasteiger partial charge in [-0.3, -0.25) is 10.1 Å². The van der Waals surface area contributed by atoms with Crippen LogP contribution in [0.5, 0.6) is 5.88 Å². The van der Waals surface area contributed by atoms with E-state index in [1.807, 2.05) is 0 Å². The molecule has 0 atom stereocenters. The van der Waals surface area contributed by atoms with Crippen LogP contribution in [0.3, 0.4) is 0 Å². The monoisotopic (exact) mass is 153 g/mol. The van der Waals surface area contributed by atoms with Crippen LogP contribution >= 0.6 is 0 Å². The molecule has 1 aromatic heterocycles. The highest BCUT2D eigenvalue weighted by Crippen LogP contribution is 2.11. The zero-order chi connectivity index (χ0) is 8.27. The third kappa shape index (κ3) is 1.64. The average Bonchev–Trinajstić information content (AvgIpc) is 2.05. The standard InChI is InChI=1S/C6H5N2O3/c1-11-6-3-2-5(4-7-6)8(9)10/h2-3H,1H3. The maximum Gasteiger partial charge on any atom is 0.297 e. The van der Waals surface area contributed by atoms with Gasteiger partial charge in [-0.15, -0.1) is 0 Å². The van der Waals surface area contributed by atoms with Crippen molar-refractivity contribution >= 4 is 5.69 Å². The van der Waals surface area contributed by atoms with Gasteiger partial charge in [0.15, 0.2) is 6.20 Å². The summed E-state index contributed by atoms with van der Waals surface area (Å²) >= 11 is 0. The van der Waals surface area contributed by atoms with Crippen molar-refractivity contribution in [3.05, 3.63) is 28.4 Å². The van der Waals surface area contributed by atoms with Gasteiger partial charge in [0.25, 0.3) is 5.69 Å². The minimum atomic E-state index is -0.563. The zero-order valence-corrected chi connectivity index (χ0v) is 5.77. The van der Waals surface area contributed by atoms with E-state index in [4.69, 9.17) is 0 Å². The maximum atomic E-state index is 10.1. The van der Waals surface area contributed by atoms with E-state index in [1.165, 1.54) is 19.2 Å². The first-order chi connectivity index (χ1) is 5.24. The Bertz CT molecular complexity index is 257. The summed E-state index contributed by atoms with van der Waals surface area (Å²) in [5, 5.41) is 10.1. The van der Waals surface area contributed by atoms with Crippen LogP contribution in [-0.4, -0.2) is 17.0 Å². The number of aromatic nitrogens is 1. The molecule has 0 aliphatic heterocycles. The fourth-order valence-electron chi connectivity index (χ4n) is 0.552. The van der Waals surface area contributed by atoms with Crippen molar-refractivity contribution in [1.82, 2.24) is 4.98 Å². The Hall–Kier alpha value is -1.65. The highest BCUT2D eigenvalue weighted by atomic mass is 16.6. The second-order valence-electron chi connectivity index (χ2n) is 1.74. The Labute approximate surface area is 62.8 Å².